The number of carbonyl (C=O) groups is 1. The summed E-state index contributed by atoms with van der Waals surface area (Å²) in [7, 11) is 0. The van der Waals surface area contributed by atoms with Crippen molar-refractivity contribution in [1.82, 2.24) is 0 Å². The fourth-order valence-electron chi connectivity index (χ4n) is 1.39. The van der Waals surface area contributed by atoms with Crippen molar-refractivity contribution in [3.8, 4) is 0 Å². The fourth-order valence-corrected chi connectivity index (χ4v) is 1.39. The van der Waals surface area contributed by atoms with E-state index in [9.17, 15) is 18.7 Å². The zero-order valence-electron chi connectivity index (χ0n) is 10.3. The minimum Gasteiger partial charge on any atom is -0.399 e. The molecular formula is C12H16ClF2NO2. The van der Waals surface area contributed by atoms with Crippen LogP contribution in [-0.2, 0) is 5.92 Å². The van der Waals surface area contributed by atoms with E-state index in [1.165, 1.54) is 13.0 Å². The molecule has 0 bridgehead atoms. The van der Waals surface area contributed by atoms with E-state index in [1.54, 1.807) is 0 Å². The second-order valence-electron chi connectivity index (χ2n) is 4.53. The van der Waals surface area contributed by atoms with Crippen LogP contribution in [0.1, 0.15) is 36.7 Å². The number of nitrogens with two attached hydrogens (primary N) is 1. The van der Waals surface area contributed by atoms with Gasteiger partial charge in [-0.3, -0.25) is 4.79 Å². The first kappa shape index (κ1) is 16.8. The molecule has 0 fully saturated rings. The Morgan fingerprint density at radius 2 is 1.78 bits per heavy atom. The first-order valence-corrected chi connectivity index (χ1v) is 5.08. The van der Waals surface area contributed by atoms with Crippen LogP contribution in [0.3, 0.4) is 0 Å². The van der Waals surface area contributed by atoms with Crippen LogP contribution in [0.2, 0.25) is 0 Å². The Hall–Kier alpha value is -1.20. The number of Topliss-reactive ketones (excluding diaryl/α,β-unsaturated/α-hetero) is 1. The number of hydrogen-bond acceptors (Lipinski definition) is 3. The molecule has 0 heterocycles. The van der Waals surface area contributed by atoms with Crippen molar-refractivity contribution in [2.24, 2.45) is 0 Å². The molecule has 6 heteroatoms. The van der Waals surface area contributed by atoms with Crippen LogP contribution in [0.15, 0.2) is 18.2 Å². The predicted molar refractivity (Wildman–Crippen MR) is 68.3 cm³/mol. The van der Waals surface area contributed by atoms with Crippen LogP contribution >= 0.6 is 12.4 Å². The average molecular weight is 280 g/mol. The number of ketones is 1. The molecule has 1 rings (SSSR count). The molecule has 0 saturated carbocycles. The van der Waals surface area contributed by atoms with Gasteiger partial charge in [0.25, 0.3) is 0 Å². The first-order valence-electron chi connectivity index (χ1n) is 5.08. The average Bonchev–Trinajstić information content (AvgIpc) is 2.14. The number of anilines is 1. The maximum Gasteiger partial charge on any atom is 0.300 e. The highest BCUT2D eigenvalue weighted by molar-refractivity contribution is 5.95. The standard InChI is InChI=1S/C12H15F2NO2.ClH/c1-7(16)8-4-9(6-10(15)5-8)12(13,14)11(2,3)17;/h4-6,17H,15H2,1-3H3;1H. The summed E-state index contributed by atoms with van der Waals surface area (Å²) in [5, 5.41) is 9.44. The quantitative estimate of drug-likeness (QED) is 0.660. The molecule has 3 N–H and O–H groups in total. The molecule has 0 radical (unpaired) electrons. The van der Waals surface area contributed by atoms with Crippen molar-refractivity contribution in [1.29, 1.82) is 0 Å². The third-order valence-corrected chi connectivity index (χ3v) is 2.49. The summed E-state index contributed by atoms with van der Waals surface area (Å²) in [6.45, 7) is 3.27. The lowest BCUT2D eigenvalue weighted by Crippen LogP contribution is -2.40. The second kappa shape index (κ2) is 5.20. The van der Waals surface area contributed by atoms with E-state index < -0.39 is 17.1 Å². The van der Waals surface area contributed by atoms with E-state index >= 15 is 0 Å². The van der Waals surface area contributed by atoms with Crippen LogP contribution in [0.5, 0.6) is 0 Å². The molecule has 0 spiro atoms. The number of nitrogen functional groups attached to an aromatic ring is 1. The maximum atomic E-state index is 13.9. The van der Waals surface area contributed by atoms with Gasteiger partial charge in [-0.25, -0.2) is 0 Å². The van der Waals surface area contributed by atoms with Crippen LogP contribution in [-0.4, -0.2) is 16.5 Å². The first-order chi connectivity index (χ1) is 7.55. The van der Waals surface area contributed by atoms with Crippen molar-refractivity contribution in [2.45, 2.75) is 32.3 Å². The highest BCUT2D eigenvalue weighted by atomic mass is 35.5. The number of hydrogen-bond donors (Lipinski definition) is 2. The molecule has 102 valence electrons. The zero-order valence-corrected chi connectivity index (χ0v) is 11.1. The minimum atomic E-state index is -3.48. The Bertz CT molecular complexity index is 456. The summed E-state index contributed by atoms with van der Waals surface area (Å²) >= 11 is 0. The van der Waals surface area contributed by atoms with Crippen molar-refractivity contribution in [3.05, 3.63) is 29.3 Å². The molecule has 0 aliphatic heterocycles. The molecule has 0 unspecified atom stereocenters. The summed E-state index contributed by atoms with van der Waals surface area (Å²) < 4.78 is 27.7. The SMILES string of the molecule is CC(=O)c1cc(N)cc(C(F)(F)C(C)(C)O)c1.Cl. The van der Waals surface area contributed by atoms with Gasteiger partial charge in [0.15, 0.2) is 5.78 Å². The van der Waals surface area contributed by atoms with Crippen molar-refractivity contribution in [2.75, 3.05) is 5.73 Å². The Balaban J connectivity index is 0.00000289. The topological polar surface area (TPSA) is 63.3 Å². The van der Waals surface area contributed by atoms with Crippen molar-refractivity contribution in [3.63, 3.8) is 0 Å². The summed E-state index contributed by atoms with van der Waals surface area (Å²) in [4.78, 5) is 11.2. The van der Waals surface area contributed by atoms with Gasteiger partial charge in [-0.1, -0.05) is 0 Å². The Kier molecular flexibility index (Phi) is 4.85. The van der Waals surface area contributed by atoms with E-state index in [0.717, 1.165) is 26.0 Å². The van der Waals surface area contributed by atoms with E-state index in [-0.39, 0.29) is 29.4 Å². The number of aliphatic hydroxyl groups is 1. The van der Waals surface area contributed by atoms with Crippen molar-refractivity contribution < 1.29 is 18.7 Å². The molecule has 1 aromatic rings. The molecule has 0 aliphatic rings. The fraction of sp³-hybridized carbons (Fsp3) is 0.417. The number of alkyl halides is 2. The third-order valence-electron chi connectivity index (χ3n) is 2.49. The van der Waals surface area contributed by atoms with Gasteiger partial charge in [-0.05, 0) is 39.0 Å². The smallest absolute Gasteiger partial charge is 0.300 e. The van der Waals surface area contributed by atoms with Gasteiger partial charge in [0.2, 0.25) is 0 Å². The van der Waals surface area contributed by atoms with Gasteiger partial charge in [-0.15, -0.1) is 12.4 Å². The molecule has 0 aliphatic carbocycles. The molecule has 0 saturated heterocycles. The van der Waals surface area contributed by atoms with Crippen LogP contribution in [0, 0.1) is 0 Å². The Morgan fingerprint density at radius 1 is 1.28 bits per heavy atom. The Labute approximate surface area is 110 Å². The number of halogens is 3. The lowest BCUT2D eigenvalue weighted by atomic mass is 9.91. The Morgan fingerprint density at radius 3 is 2.17 bits per heavy atom. The summed E-state index contributed by atoms with van der Waals surface area (Å²) in [5.74, 6) is -3.84. The number of benzene rings is 1. The van der Waals surface area contributed by atoms with Crippen LogP contribution < -0.4 is 5.73 Å². The molecule has 0 atom stereocenters. The number of rotatable bonds is 3. The van der Waals surface area contributed by atoms with Crippen LogP contribution in [0.25, 0.3) is 0 Å². The minimum absolute atomic E-state index is 0. The number of carbonyl (C=O) groups excluding carboxylic acids is 1. The van der Waals surface area contributed by atoms with Gasteiger partial charge < -0.3 is 10.8 Å². The largest absolute Gasteiger partial charge is 0.399 e. The van der Waals surface area contributed by atoms with Gasteiger partial charge in [-0.2, -0.15) is 8.78 Å². The van der Waals surface area contributed by atoms with E-state index in [4.69, 9.17) is 5.73 Å². The van der Waals surface area contributed by atoms with E-state index in [2.05, 4.69) is 0 Å². The summed E-state index contributed by atoms with van der Waals surface area (Å²) in [5.41, 5.74) is 2.95. The molecule has 0 amide bonds. The highest BCUT2D eigenvalue weighted by Crippen LogP contribution is 2.39. The lowest BCUT2D eigenvalue weighted by molar-refractivity contribution is -0.168. The molecule has 0 aromatic heterocycles. The molecule has 18 heavy (non-hydrogen) atoms. The van der Waals surface area contributed by atoms with Gasteiger partial charge in [0, 0.05) is 16.8 Å². The van der Waals surface area contributed by atoms with E-state index in [1.807, 2.05) is 0 Å². The monoisotopic (exact) mass is 279 g/mol. The zero-order chi connectivity index (χ0) is 13.4. The molecular weight excluding hydrogens is 264 g/mol. The van der Waals surface area contributed by atoms with Crippen LogP contribution in [0.4, 0.5) is 14.5 Å². The van der Waals surface area contributed by atoms with Gasteiger partial charge in [0.05, 0.1) is 0 Å². The second-order valence-corrected chi connectivity index (χ2v) is 4.53. The predicted octanol–water partition coefficient (Wildman–Crippen LogP) is 2.76. The lowest BCUT2D eigenvalue weighted by Gasteiger charge is -2.29. The molecule has 3 nitrogen and oxygen atoms in total. The highest BCUT2D eigenvalue weighted by Gasteiger charge is 2.47. The van der Waals surface area contributed by atoms with Gasteiger partial charge in [0.1, 0.15) is 5.60 Å². The van der Waals surface area contributed by atoms with Gasteiger partial charge >= 0.3 is 5.92 Å². The van der Waals surface area contributed by atoms with E-state index in [0.29, 0.717) is 0 Å². The molecule has 1 aromatic carbocycles. The van der Waals surface area contributed by atoms with Crippen molar-refractivity contribution >= 4 is 23.9 Å². The summed E-state index contributed by atoms with van der Waals surface area (Å²) in [6, 6.07) is 3.44. The summed E-state index contributed by atoms with van der Waals surface area (Å²) in [6.07, 6.45) is 0. The third kappa shape index (κ3) is 3.17. The maximum absolute atomic E-state index is 13.9. The normalized spacial score (nSPS) is 11.9.